The predicted octanol–water partition coefficient (Wildman–Crippen LogP) is 11.2. The van der Waals surface area contributed by atoms with Gasteiger partial charge in [-0.3, -0.25) is 0 Å². The third-order valence-electron chi connectivity index (χ3n) is 9.67. The van der Waals surface area contributed by atoms with Crippen LogP contribution in [0.4, 0.5) is 0 Å². The van der Waals surface area contributed by atoms with Crippen LogP contribution in [0.5, 0.6) is 5.75 Å². The molecule has 0 radical (unpaired) electrons. The Hall–Kier alpha value is -6.59. The van der Waals surface area contributed by atoms with Gasteiger partial charge in [-0.25, -0.2) is 15.0 Å². The van der Waals surface area contributed by atoms with Crippen LogP contribution in [0.15, 0.2) is 170 Å². The molecule has 0 bridgehead atoms. The number of ether oxygens (including phenoxy) is 1. The zero-order chi connectivity index (χ0) is 34.1. The molecule has 51 heavy (non-hydrogen) atoms. The molecule has 6 aromatic carbocycles. The van der Waals surface area contributed by atoms with Gasteiger partial charge in [-0.2, -0.15) is 0 Å². The van der Waals surface area contributed by atoms with Crippen molar-refractivity contribution < 1.29 is 4.74 Å². The van der Waals surface area contributed by atoms with Gasteiger partial charge >= 0.3 is 0 Å². The number of nitrogens with zero attached hydrogens (tertiary/aromatic N) is 4. The first-order valence-corrected chi connectivity index (χ1v) is 17.3. The molecule has 0 saturated heterocycles. The lowest BCUT2D eigenvalue weighted by atomic mass is 9.97. The topological polar surface area (TPSA) is 52.8 Å². The van der Waals surface area contributed by atoms with Crippen LogP contribution < -0.4 is 4.74 Å². The molecule has 9 rings (SSSR count). The molecule has 8 aromatic rings. The lowest BCUT2D eigenvalue weighted by Crippen LogP contribution is -2.08. The summed E-state index contributed by atoms with van der Waals surface area (Å²) in [5.41, 5.74) is 9.81. The predicted molar refractivity (Wildman–Crippen MR) is 208 cm³/mol. The number of rotatable bonds is 7. The summed E-state index contributed by atoms with van der Waals surface area (Å²) in [7, 11) is 1.71. The minimum atomic E-state index is 0.0992. The molecule has 2 aromatic heterocycles. The van der Waals surface area contributed by atoms with E-state index in [4.69, 9.17) is 19.7 Å². The molecule has 0 saturated carbocycles. The summed E-state index contributed by atoms with van der Waals surface area (Å²) < 4.78 is 8.32. The molecule has 1 aliphatic carbocycles. The fourth-order valence-corrected chi connectivity index (χ4v) is 7.09. The van der Waals surface area contributed by atoms with Gasteiger partial charge in [-0.05, 0) is 65.6 Å². The third kappa shape index (κ3) is 5.69. The van der Waals surface area contributed by atoms with Crippen LogP contribution in [0, 0.1) is 0 Å². The lowest BCUT2D eigenvalue weighted by molar-refractivity contribution is 0.416. The average Bonchev–Trinajstić information content (AvgIpc) is 3.55. The van der Waals surface area contributed by atoms with Gasteiger partial charge in [-0.1, -0.05) is 127 Å². The highest BCUT2D eigenvalue weighted by Crippen LogP contribution is 2.38. The van der Waals surface area contributed by atoms with Crippen molar-refractivity contribution in [2.24, 2.45) is 0 Å². The standard InChI is InChI=1S/C46H34N4O/c1-51-43-30-36(46-48-44(33-13-5-2-6-14-33)47-45(49-46)34-15-7-3-8-16-34)25-27-38(43)32-23-21-31(22-24-32)35-26-28-42-40(29-35)39-19-11-12-20-41(39)50(42)37-17-9-4-10-18-37/h2-15,17-30,34H,16H2,1H3. The quantitative estimate of drug-likeness (QED) is 0.171. The van der Waals surface area contributed by atoms with Crippen molar-refractivity contribution in [1.82, 2.24) is 19.5 Å². The van der Waals surface area contributed by atoms with E-state index >= 15 is 0 Å². The van der Waals surface area contributed by atoms with Gasteiger partial charge in [-0.15, -0.1) is 0 Å². The first kappa shape index (κ1) is 30.5. The summed E-state index contributed by atoms with van der Waals surface area (Å²) in [5, 5.41) is 2.48. The van der Waals surface area contributed by atoms with E-state index < -0.39 is 0 Å². The summed E-state index contributed by atoms with van der Waals surface area (Å²) in [6, 6.07) is 51.0. The number of para-hydroxylation sites is 2. The first-order chi connectivity index (χ1) is 25.2. The van der Waals surface area contributed by atoms with E-state index in [1.807, 2.05) is 36.4 Å². The summed E-state index contributed by atoms with van der Waals surface area (Å²) in [6.07, 6.45) is 9.30. The average molecular weight is 659 g/mol. The van der Waals surface area contributed by atoms with Crippen LogP contribution in [0.3, 0.4) is 0 Å². The third-order valence-corrected chi connectivity index (χ3v) is 9.67. The number of aromatic nitrogens is 4. The minimum Gasteiger partial charge on any atom is -0.496 e. The highest BCUT2D eigenvalue weighted by atomic mass is 16.5. The second-order valence-corrected chi connectivity index (χ2v) is 12.8. The zero-order valence-electron chi connectivity index (χ0n) is 28.1. The van der Waals surface area contributed by atoms with Crippen molar-refractivity contribution in [3.05, 3.63) is 176 Å². The SMILES string of the molecule is COc1cc(-c2nc(-c3ccccc3)nc(C3C=CC=CC3)n2)ccc1-c1ccc(-c2ccc3c(c2)c2ccccc2n3-c2ccccc2)cc1. The molecule has 5 nitrogen and oxygen atoms in total. The number of fused-ring (bicyclic) bond motifs is 3. The van der Waals surface area contributed by atoms with Crippen LogP contribution in [0.25, 0.3) is 72.5 Å². The Bertz CT molecular complexity index is 2590. The molecule has 0 N–H and O–H groups in total. The molecule has 0 amide bonds. The normalized spacial score (nSPS) is 13.9. The molecule has 244 valence electrons. The Kier molecular flexibility index (Phi) is 7.78. The Balaban J connectivity index is 1.06. The summed E-state index contributed by atoms with van der Waals surface area (Å²) >= 11 is 0. The van der Waals surface area contributed by atoms with E-state index in [9.17, 15) is 0 Å². The van der Waals surface area contributed by atoms with Gasteiger partial charge in [0.1, 0.15) is 11.6 Å². The van der Waals surface area contributed by atoms with E-state index in [-0.39, 0.29) is 5.92 Å². The highest BCUT2D eigenvalue weighted by Gasteiger charge is 2.19. The molecule has 1 unspecified atom stereocenters. The first-order valence-electron chi connectivity index (χ1n) is 17.3. The fourth-order valence-electron chi connectivity index (χ4n) is 7.09. The second kappa shape index (κ2) is 13.0. The lowest BCUT2D eigenvalue weighted by Gasteiger charge is -2.15. The number of hydrogen-bond donors (Lipinski definition) is 0. The van der Waals surface area contributed by atoms with Gasteiger partial charge in [0.25, 0.3) is 0 Å². The van der Waals surface area contributed by atoms with Gasteiger partial charge in [0, 0.05) is 39.1 Å². The van der Waals surface area contributed by atoms with Crippen molar-refractivity contribution in [2.75, 3.05) is 7.11 Å². The van der Waals surface area contributed by atoms with Gasteiger partial charge in [0.05, 0.1) is 18.1 Å². The molecule has 5 heteroatoms. The maximum absolute atomic E-state index is 5.97. The Morgan fingerprint density at radius 1 is 0.549 bits per heavy atom. The van der Waals surface area contributed by atoms with Gasteiger partial charge < -0.3 is 9.30 Å². The summed E-state index contributed by atoms with van der Waals surface area (Å²) in [5.74, 6) is 2.92. The van der Waals surface area contributed by atoms with Crippen LogP contribution in [0.1, 0.15) is 18.2 Å². The maximum Gasteiger partial charge on any atom is 0.163 e. The van der Waals surface area contributed by atoms with Crippen molar-refractivity contribution in [3.8, 4) is 56.5 Å². The summed E-state index contributed by atoms with van der Waals surface area (Å²) in [4.78, 5) is 14.8. The number of benzene rings is 6. The molecular formula is C46H34N4O. The van der Waals surface area contributed by atoms with Crippen LogP contribution >= 0.6 is 0 Å². The monoisotopic (exact) mass is 658 g/mol. The minimum absolute atomic E-state index is 0.0992. The Morgan fingerprint density at radius 2 is 1.22 bits per heavy atom. The summed E-state index contributed by atoms with van der Waals surface area (Å²) in [6.45, 7) is 0. The van der Waals surface area contributed by atoms with Gasteiger partial charge in [0.2, 0.25) is 0 Å². The molecule has 2 heterocycles. The maximum atomic E-state index is 5.97. The molecular weight excluding hydrogens is 625 g/mol. The van der Waals surface area contributed by atoms with Crippen LogP contribution in [-0.2, 0) is 0 Å². The van der Waals surface area contributed by atoms with E-state index in [2.05, 4.69) is 138 Å². The van der Waals surface area contributed by atoms with Crippen molar-refractivity contribution in [3.63, 3.8) is 0 Å². The van der Waals surface area contributed by atoms with Gasteiger partial charge in [0.15, 0.2) is 11.6 Å². The van der Waals surface area contributed by atoms with Crippen LogP contribution in [0.2, 0.25) is 0 Å². The Labute approximate surface area is 296 Å². The molecule has 0 fully saturated rings. The second-order valence-electron chi connectivity index (χ2n) is 12.8. The molecule has 0 aliphatic heterocycles. The number of allylic oxidation sites excluding steroid dienone is 4. The van der Waals surface area contributed by atoms with E-state index in [0.717, 1.165) is 51.5 Å². The highest BCUT2D eigenvalue weighted by molar-refractivity contribution is 6.10. The fraction of sp³-hybridized carbons (Fsp3) is 0.0652. The van der Waals surface area contributed by atoms with E-state index in [1.54, 1.807) is 7.11 Å². The molecule has 1 atom stereocenters. The molecule has 0 spiro atoms. The number of methoxy groups -OCH3 is 1. The smallest absolute Gasteiger partial charge is 0.163 e. The van der Waals surface area contributed by atoms with Crippen LogP contribution in [-0.4, -0.2) is 26.6 Å². The molecule has 1 aliphatic rings. The van der Waals surface area contributed by atoms with Crippen molar-refractivity contribution >= 4 is 21.8 Å². The largest absolute Gasteiger partial charge is 0.496 e. The zero-order valence-corrected chi connectivity index (χ0v) is 28.1. The van der Waals surface area contributed by atoms with Crippen molar-refractivity contribution in [2.45, 2.75) is 12.3 Å². The van der Waals surface area contributed by atoms with E-state index in [0.29, 0.717) is 11.6 Å². The van der Waals surface area contributed by atoms with Crippen molar-refractivity contribution in [1.29, 1.82) is 0 Å². The number of hydrogen-bond acceptors (Lipinski definition) is 4. The van der Waals surface area contributed by atoms with E-state index in [1.165, 1.54) is 27.4 Å². The Morgan fingerprint density at radius 3 is 1.98 bits per heavy atom.